The van der Waals surface area contributed by atoms with Crippen molar-refractivity contribution in [3.63, 3.8) is 0 Å². The van der Waals surface area contributed by atoms with Crippen molar-refractivity contribution in [3.05, 3.63) is 82.8 Å². The molecule has 2 N–H and O–H groups in total. The van der Waals surface area contributed by atoms with Gasteiger partial charge in [0.05, 0.1) is 23.6 Å². The van der Waals surface area contributed by atoms with Crippen LogP contribution < -0.4 is 15.4 Å². The molecule has 1 saturated heterocycles. The molecule has 6 nitrogen and oxygen atoms in total. The first-order valence-electron chi connectivity index (χ1n) is 15.5. The molecule has 0 aromatic heterocycles. The van der Waals surface area contributed by atoms with Crippen molar-refractivity contribution in [1.29, 1.82) is 0 Å². The van der Waals surface area contributed by atoms with Crippen LogP contribution in [0.25, 0.3) is 0 Å². The molecule has 1 saturated carbocycles. The average Bonchev–Trinajstić information content (AvgIpc) is 3.47. The number of anilines is 1. The number of nitrogens with zero attached hydrogens (tertiary/aromatic N) is 1. The summed E-state index contributed by atoms with van der Waals surface area (Å²) in [5, 5.41) is 6.78. The van der Waals surface area contributed by atoms with Crippen molar-refractivity contribution < 1.29 is 18.7 Å². The summed E-state index contributed by atoms with van der Waals surface area (Å²) in [6.07, 6.45) is 13.4. The Balaban J connectivity index is 1.42. The Bertz CT molecular complexity index is 1340. The molecule has 1 aliphatic heterocycles. The lowest BCUT2D eigenvalue weighted by atomic mass is 9.77. The largest absolute Gasteiger partial charge is 0.491 e. The number of hydrogen-bond donors (Lipinski definition) is 2. The van der Waals surface area contributed by atoms with E-state index in [9.17, 15) is 9.59 Å². The summed E-state index contributed by atoms with van der Waals surface area (Å²) in [7, 11) is 0. The Morgan fingerprint density at radius 1 is 1.02 bits per heavy atom. The zero-order valence-corrected chi connectivity index (χ0v) is 25.3. The molecule has 3 aliphatic rings. The summed E-state index contributed by atoms with van der Waals surface area (Å²) in [6.45, 7) is 8.17. The highest BCUT2D eigenvalue weighted by Gasteiger charge is 2.43. The van der Waals surface area contributed by atoms with Gasteiger partial charge < -0.3 is 20.3 Å². The molecular weight excluding hydrogens is 529 g/mol. The second kappa shape index (κ2) is 13.1. The lowest BCUT2D eigenvalue weighted by Crippen LogP contribution is -2.55. The van der Waals surface area contributed by atoms with Crippen LogP contribution in [0, 0.1) is 31.5 Å². The first-order valence-corrected chi connectivity index (χ1v) is 15.5. The molecule has 3 atom stereocenters. The fourth-order valence-corrected chi connectivity index (χ4v) is 6.71. The number of hydrogen-bond acceptors (Lipinski definition) is 4. The molecule has 5 rings (SSSR count). The fraction of sp³-hybridized carbons (Fsp3) is 0.486. The van der Waals surface area contributed by atoms with E-state index in [1.54, 1.807) is 24.0 Å². The van der Waals surface area contributed by atoms with Crippen LogP contribution in [0.4, 0.5) is 10.1 Å². The molecule has 0 spiro atoms. The summed E-state index contributed by atoms with van der Waals surface area (Å²) < 4.78 is 20.9. The highest BCUT2D eigenvalue weighted by Crippen LogP contribution is 2.36. The van der Waals surface area contributed by atoms with Gasteiger partial charge in [0.25, 0.3) is 5.91 Å². The van der Waals surface area contributed by atoms with Crippen molar-refractivity contribution in [2.75, 3.05) is 11.9 Å². The van der Waals surface area contributed by atoms with Crippen LogP contribution in [0.5, 0.6) is 5.75 Å². The van der Waals surface area contributed by atoms with E-state index in [1.165, 1.54) is 31.7 Å². The van der Waals surface area contributed by atoms with E-state index in [0.29, 0.717) is 43.1 Å². The van der Waals surface area contributed by atoms with E-state index in [-0.39, 0.29) is 29.4 Å². The van der Waals surface area contributed by atoms with Gasteiger partial charge in [0.1, 0.15) is 11.6 Å². The zero-order chi connectivity index (χ0) is 29.8. The van der Waals surface area contributed by atoms with E-state index >= 15 is 4.39 Å². The molecular formula is C35H44FN3O3. The van der Waals surface area contributed by atoms with Crippen molar-refractivity contribution in [2.24, 2.45) is 11.8 Å². The summed E-state index contributed by atoms with van der Waals surface area (Å²) in [6, 6.07) is 10.5. The zero-order valence-electron chi connectivity index (χ0n) is 25.3. The van der Waals surface area contributed by atoms with Gasteiger partial charge in [-0.25, -0.2) is 4.39 Å². The lowest BCUT2D eigenvalue weighted by molar-refractivity contribution is -0.123. The number of piperidine rings is 1. The number of aryl methyl sites for hydroxylation is 2. The van der Waals surface area contributed by atoms with Gasteiger partial charge >= 0.3 is 0 Å². The second-order valence-electron chi connectivity index (χ2n) is 12.3. The number of amides is 2. The van der Waals surface area contributed by atoms with E-state index in [1.807, 2.05) is 39.0 Å². The maximum absolute atomic E-state index is 15.0. The van der Waals surface area contributed by atoms with Gasteiger partial charge in [0.2, 0.25) is 5.91 Å². The number of rotatable bonds is 8. The SMILES string of the molecule is Cc1ccc(NC(=O)C2CCCN(C(=O)c3c(C)cccc3F)C2[C@@H]2C=CC(NC3CCCC3)=CC2)cc1OC(C)C. The van der Waals surface area contributed by atoms with E-state index in [2.05, 4.69) is 28.9 Å². The predicted molar refractivity (Wildman–Crippen MR) is 165 cm³/mol. The molecule has 7 heteroatoms. The van der Waals surface area contributed by atoms with Crippen LogP contribution in [-0.4, -0.2) is 41.4 Å². The lowest BCUT2D eigenvalue weighted by Gasteiger charge is -2.44. The molecule has 0 radical (unpaired) electrons. The Kier molecular flexibility index (Phi) is 9.34. The Labute approximate surface area is 249 Å². The van der Waals surface area contributed by atoms with E-state index < -0.39 is 17.8 Å². The summed E-state index contributed by atoms with van der Waals surface area (Å²) in [5.74, 6) is -0.776. The highest BCUT2D eigenvalue weighted by molar-refractivity contribution is 5.98. The molecule has 42 heavy (non-hydrogen) atoms. The normalized spacial score (nSPS) is 22.7. The minimum Gasteiger partial charge on any atom is -0.491 e. The standard InChI is InChI=1S/C35H44FN3O3/c1-22(2)42-31-21-28(17-14-23(31)3)38-34(40)29-12-8-20-39(35(41)32-24(4)9-7-13-30(32)36)33(29)25-15-18-27(19-16-25)37-26-10-5-6-11-26/h7,9,13-15,17-19,21-22,25-26,29,33,37H,5-6,8,10-12,16,20H2,1-4H3,(H,38,40)/t25-,29?,33?/m1/s1. The van der Waals surface area contributed by atoms with Gasteiger partial charge in [0, 0.05) is 36.0 Å². The third-order valence-electron chi connectivity index (χ3n) is 8.84. The topological polar surface area (TPSA) is 70.7 Å². The molecule has 1 heterocycles. The fourth-order valence-electron chi connectivity index (χ4n) is 6.71. The van der Waals surface area contributed by atoms with E-state index in [4.69, 9.17) is 4.74 Å². The first kappa shape index (κ1) is 29.9. The summed E-state index contributed by atoms with van der Waals surface area (Å²) >= 11 is 0. The van der Waals surface area contributed by atoms with Crippen LogP contribution in [0.3, 0.4) is 0 Å². The quantitative estimate of drug-likeness (QED) is 0.354. The smallest absolute Gasteiger partial charge is 0.257 e. The third-order valence-corrected chi connectivity index (χ3v) is 8.84. The molecule has 2 aromatic rings. The number of benzene rings is 2. The van der Waals surface area contributed by atoms with Crippen LogP contribution in [0.1, 0.15) is 80.3 Å². The highest BCUT2D eigenvalue weighted by atomic mass is 19.1. The van der Waals surface area contributed by atoms with Crippen LogP contribution in [0.2, 0.25) is 0 Å². The summed E-state index contributed by atoms with van der Waals surface area (Å²) in [4.78, 5) is 29.7. The Morgan fingerprint density at radius 3 is 2.50 bits per heavy atom. The van der Waals surface area contributed by atoms with Crippen molar-refractivity contribution >= 4 is 17.5 Å². The average molecular weight is 574 g/mol. The number of carbonyl (C=O) groups is 2. The number of halogens is 1. The molecule has 2 aromatic carbocycles. The van der Waals surface area contributed by atoms with Gasteiger partial charge in [-0.15, -0.1) is 0 Å². The van der Waals surface area contributed by atoms with Gasteiger partial charge in [-0.05, 0) is 89.1 Å². The number of nitrogens with one attached hydrogen (secondary N) is 2. The molecule has 2 unspecified atom stereocenters. The van der Waals surface area contributed by atoms with Crippen molar-refractivity contribution in [1.82, 2.24) is 10.2 Å². The third kappa shape index (κ3) is 6.71. The number of allylic oxidation sites excluding steroid dienone is 2. The molecule has 0 bridgehead atoms. The van der Waals surface area contributed by atoms with Gasteiger partial charge in [-0.2, -0.15) is 0 Å². The number of carbonyl (C=O) groups excluding carboxylic acids is 2. The monoisotopic (exact) mass is 573 g/mol. The van der Waals surface area contributed by atoms with Crippen molar-refractivity contribution in [3.8, 4) is 5.75 Å². The maximum Gasteiger partial charge on any atom is 0.257 e. The minimum atomic E-state index is -0.523. The molecule has 2 amide bonds. The Hall–Kier alpha value is -3.61. The van der Waals surface area contributed by atoms with Gasteiger partial charge in [0.15, 0.2) is 0 Å². The number of likely N-dealkylation sites (tertiary alicyclic amines) is 1. The second-order valence-corrected chi connectivity index (χ2v) is 12.3. The van der Waals surface area contributed by atoms with E-state index in [0.717, 1.165) is 17.0 Å². The van der Waals surface area contributed by atoms with Crippen LogP contribution >= 0.6 is 0 Å². The summed E-state index contributed by atoms with van der Waals surface area (Å²) in [5.41, 5.74) is 3.46. The van der Waals surface area contributed by atoms with Gasteiger partial charge in [-0.1, -0.05) is 43.2 Å². The minimum absolute atomic E-state index is 0.0120. The van der Waals surface area contributed by atoms with Gasteiger partial charge in [-0.3, -0.25) is 9.59 Å². The van der Waals surface area contributed by atoms with Crippen molar-refractivity contribution in [2.45, 2.75) is 90.8 Å². The number of ether oxygens (including phenoxy) is 1. The molecule has 2 aliphatic carbocycles. The van der Waals surface area contributed by atoms with Crippen LogP contribution in [0.15, 0.2) is 60.3 Å². The predicted octanol–water partition coefficient (Wildman–Crippen LogP) is 7.08. The Morgan fingerprint density at radius 2 is 1.81 bits per heavy atom. The maximum atomic E-state index is 15.0. The molecule has 2 fully saturated rings. The molecule has 224 valence electrons. The first-order chi connectivity index (χ1) is 20.2. The van der Waals surface area contributed by atoms with Crippen LogP contribution in [-0.2, 0) is 4.79 Å².